The number of rotatable bonds is 5. The number of imidazole rings is 1. The van der Waals surface area contributed by atoms with Gasteiger partial charge < -0.3 is 15.4 Å². The summed E-state index contributed by atoms with van der Waals surface area (Å²) in [5, 5.41) is 6.02. The molecule has 7 nitrogen and oxygen atoms in total. The van der Waals surface area contributed by atoms with E-state index in [1.807, 2.05) is 4.57 Å². The smallest absolute Gasteiger partial charge is 0.229 e. The molecule has 32 heavy (non-hydrogen) atoms. The summed E-state index contributed by atoms with van der Waals surface area (Å²) < 4.78 is 48.2. The summed E-state index contributed by atoms with van der Waals surface area (Å²) in [5.74, 6) is -1.02. The molecule has 10 heteroatoms. The molecule has 164 valence electrons. The zero-order chi connectivity index (χ0) is 22.1. The average Bonchev–Trinajstić information content (AvgIpc) is 3.15. The largest absolute Gasteiger partial charge is 0.381 e. The van der Waals surface area contributed by atoms with Crippen molar-refractivity contribution in [1.29, 1.82) is 0 Å². The number of ether oxygens (including phenoxy) is 1. The number of hydrogen-bond acceptors (Lipinski definition) is 6. The summed E-state index contributed by atoms with van der Waals surface area (Å²) in [5.41, 5.74) is 1.81. The van der Waals surface area contributed by atoms with Gasteiger partial charge in [-0.15, -0.1) is 0 Å². The summed E-state index contributed by atoms with van der Waals surface area (Å²) in [7, 11) is 0. The van der Waals surface area contributed by atoms with E-state index in [9.17, 15) is 13.2 Å². The number of fused-ring (bicyclic) bond motifs is 1. The zero-order valence-corrected chi connectivity index (χ0v) is 16.9. The van der Waals surface area contributed by atoms with Crippen molar-refractivity contribution in [3.8, 4) is 0 Å². The van der Waals surface area contributed by atoms with Crippen LogP contribution >= 0.6 is 0 Å². The average molecular weight is 440 g/mol. The Hall–Kier alpha value is -3.66. The number of hydrogen-bond donors (Lipinski definition) is 2. The number of halogens is 3. The Balaban J connectivity index is 1.55. The molecule has 5 rings (SSSR count). The molecule has 0 unspecified atom stereocenters. The summed E-state index contributed by atoms with van der Waals surface area (Å²) in [6, 6.07) is 9.19. The second kappa shape index (κ2) is 8.46. The minimum Gasteiger partial charge on any atom is -0.381 e. The van der Waals surface area contributed by atoms with Crippen LogP contribution in [-0.2, 0) is 4.74 Å². The lowest BCUT2D eigenvalue weighted by Crippen LogP contribution is -2.21. The van der Waals surface area contributed by atoms with Crippen LogP contribution in [0.4, 0.5) is 36.4 Å². The fourth-order valence-electron chi connectivity index (χ4n) is 3.70. The Kier molecular flexibility index (Phi) is 5.36. The Morgan fingerprint density at radius 2 is 1.66 bits per heavy atom. The molecule has 0 atom stereocenters. The third kappa shape index (κ3) is 4.09. The van der Waals surface area contributed by atoms with Gasteiger partial charge in [0.05, 0.1) is 11.9 Å². The van der Waals surface area contributed by atoms with Crippen LogP contribution in [0, 0.1) is 17.5 Å². The van der Waals surface area contributed by atoms with Crippen LogP contribution in [0.5, 0.6) is 0 Å². The SMILES string of the molecule is Fc1ccc(Nc2ncc3nc(Nc4ccc(F)cc4F)n(C4CCOCC4)c3n2)cc1. The zero-order valence-electron chi connectivity index (χ0n) is 16.9. The predicted octanol–water partition coefficient (Wildman–Crippen LogP) is 5.08. The molecule has 1 aliphatic rings. The van der Waals surface area contributed by atoms with Crippen molar-refractivity contribution in [2.45, 2.75) is 18.9 Å². The highest BCUT2D eigenvalue weighted by Crippen LogP contribution is 2.32. The highest BCUT2D eigenvalue weighted by molar-refractivity contribution is 5.77. The van der Waals surface area contributed by atoms with E-state index in [4.69, 9.17) is 4.74 Å². The summed E-state index contributed by atoms with van der Waals surface area (Å²) in [4.78, 5) is 13.5. The first-order chi connectivity index (χ1) is 15.6. The number of aromatic nitrogens is 4. The van der Waals surface area contributed by atoms with E-state index in [0.717, 1.165) is 18.9 Å². The molecule has 2 N–H and O–H groups in total. The minimum atomic E-state index is -0.722. The number of nitrogens with zero attached hydrogens (tertiary/aromatic N) is 4. The van der Waals surface area contributed by atoms with E-state index in [0.29, 0.717) is 42.0 Å². The highest BCUT2D eigenvalue weighted by Gasteiger charge is 2.24. The minimum absolute atomic E-state index is 0.0216. The second-order valence-electron chi connectivity index (χ2n) is 7.43. The van der Waals surface area contributed by atoms with Crippen molar-refractivity contribution in [3.63, 3.8) is 0 Å². The van der Waals surface area contributed by atoms with Gasteiger partial charge in [-0.1, -0.05) is 0 Å². The third-order valence-corrected chi connectivity index (χ3v) is 5.27. The topological polar surface area (TPSA) is 76.9 Å². The lowest BCUT2D eigenvalue weighted by molar-refractivity contribution is 0.0710. The molecule has 0 amide bonds. The Morgan fingerprint density at radius 3 is 2.41 bits per heavy atom. The maximum absolute atomic E-state index is 14.3. The van der Waals surface area contributed by atoms with Crippen LogP contribution in [0.1, 0.15) is 18.9 Å². The lowest BCUT2D eigenvalue weighted by Gasteiger charge is -2.25. The number of nitrogens with one attached hydrogen (secondary N) is 2. The maximum atomic E-state index is 14.3. The van der Waals surface area contributed by atoms with Crippen molar-refractivity contribution in [1.82, 2.24) is 19.5 Å². The fraction of sp³-hybridized carbons (Fsp3) is 0.227. The molecule has 1 aliphatic heterocycles. The van der Waals surface area contributed by atoms with Crippen molar-refractivity contribution in [2.75, 3.05) is 23.8 Å². The van der Waals surface area contributed by atoms with Crippen LogP contribution in [0.25, 0.3) is 11.2 Å². The van der Waals surface area contributed by atoms with E-state index in [1.54, 1.807) is 18.3 Å². The third-order valence-electron chi connectivity index (χ3n) is 5.27. The normalized spacial score (nSPS) is 14.6. The molecule has 0 spiro atoms. The molecule has 0 bridgehead atoms. The van der Waals surface area contributed by atoms with Gasteiger partial charge in [-0.2, -0.15) is 4.98 Å². The molecule has 0 saturated carbocycles. The molecular formula is C22H19F3N6O. The predicted molar refractivity (Wildman–Crippen MR) is 114 cm³/mol. The van der Waals surface area contributed by atoms with Gasteiger partial charge in [-0.3, -0.25) is 4.57 Å². The fourth-order valence-corrected chi connectivity index (χ4v) is 3.70. The first-order valence-corrected chi connectivity index (χ1v) is 10.1. The van der Waals surface area contributed by atoms with Crippen molar-refractivity contribution in [2.24, 2.45) is 0 Å². The lowest BCUT2D eigenvalue weighted by atomic mass is 10.1. The van der Waals surface area contributed by atoms with E-state index < -0.39 is 11.6 Å². The molecule has 4 aromatic rings. The monoisotopic (exact) mass is 440 g/mol. The van der Waals surface area contributed by atoms with Gasteiger partial charge in [0.25, 0.3) is 0 Å². The standard InChI is InChI=1S/C22H19F3N6O/c23-13-1-4-15(5-2-13)27-21-26-12-19-20(30-21)31(16-7-9-32-10-8-16)22(29-19)28-18-6-3-14(24)11-17(18)25/h1-6,11-12,16H,7-10H2,(H,28,29)(H,26,27,30). The summed E-state index contributed by atoms with van der Waals surface area (Å²) in [6.45, 7) is 1.17. The summed E-state index contributed by atoms with van der Waals surface area (Å²) in [6.07, 6.45) is 3.03. The Labute approximate surface area is 181 Å². The highest BCUT2D eigenvalue weighted by atomic mass is 19.1. The van der Waals surface area contributed by atoms with Crippen molar-refractivity contribution in [3.05, 3.63) is 66.1 Å². The van der Waals surface area contributed by atoms with Crippen LogP contribution in [0.2, 0.25) is 0 Å². The van der Waals surface area contributed by atoms with Gasteiger partial charge in [-0.25, -0.2) is 23.1 Å². The Bertz CT molecular complexity index is 1250. The quantitative estimate of drug-likeness (QED) is 0.451. The van der Waals surface area contributed by atoms with E-state index >= 15 is 0 Å². The van der Waals surface area contributed by atoms with Gasteiger partial charge in [0, 0.05) is 31.0 Å². The maximum Gasteiger partial charge on any atom is 0.229 e. The van der Waals surface area contributed by atoms with E-state index in [2.05, 4.69) is 25.6 Å². The van der Waals surface area contributed by atoms with Gasteiger partial charge in [0.1, 0.15) is 23.0 Å². The van der Waals surface area contributed by atoms with Crippen LogP contribution in [0.15, 0.2) is 48.7 Å². The number of benzene rings is 2. The summed E-state index contributed by atoms with van der Waals surface area (Å²) >= 11 is 0. The van der Waals surface area contributed by atoms with Crippen LogP contribution < -0.4 is 10.6 Å². The second-order valence-corrected chi connectivity index (χ2v) is 7.43. The molecule has 3 heterocycles. The molecule has 1 fully saturated rings. The first-order valence-electron chi connectivity index (χ1n) is 10.1. The van der Waals surface area contributed by atoms with E-state index in [1.165, 1.54) is 24.3 Å². The van der Waals surface area contributed by atoms with Crippen molar-refractivity contribution >= 4 is 34.4 Å². The molecule has 2 aromatic heterocycles. The Morgan fingerprint density at radius 1 is 0.906 bits per heavy atom. The van der Waals surface area contributed by atoms with Gasteiger partial charge >= 0.3 is 0 Å². The molecule has 2 aromatic carbocycles. The first kappa shape index (κ1) is 20.3. The molecule has 0 radical (unpaired) electrons. The molecule has 0 aliphatic carbocycles. The van der Waals surface area contributed by atoms with E-state index in [-0.39, 0.29) is 17.5 Å². The number of anilines is 4. The van der Waals surface area contributed by atoms with Crippen LogP contribution in [-0.4, -0.2) is 32.7 Å². The van der Waals surface area contributed by atoms with Crippen molar-refractivity contribution < 1.29 is 17.9 Å². The van der Waals surface area contributed by atoms with Crippen LogP contribution in [0.3, 0.4) is 0 Å². The van der Waals surface area contributed by atoms with Gasteiger partial charge in [0.2, 0.25) is 11.9 Å². The molecular weight excluding hydrogens is 421 g/mol. The van der Waals surface area contributed by atoms with Gasteiger partial charge in [-0.05, 0) is 49.2 Å². The van der Waals surface area contributed by atoms with Gasteiger partial charge in [0.15, 0.2) is 5.65 Å². The molecule has 1 saturated heterocycles.